The van der Waals surface area contributed by atoms with Crippen molar-refractivity contribution in [3.8, 4) is 0 Å². The van der Waals surface area contributed by atoms with Gasteiger partial charge < -0.3 is 9.40 Å². The van der Waals surface area contributed by atoms with Gasteiger partial charge in [-0.15, -0.1) is 0 Å². The monoisotopic (exact) mass is 409 g/mol. The Morgan fingerprint density at radius 1 is 1.10 bits per heavy atom. The summed E-state index contributed by atoms with van der Waals surface area (Å²) in [6.07, 6.45) is 1.65. The normalized spacial score (nSPS) is 18.4. The van der Waals surface area contributed by atoms with Gasteiger partial charge in [0.25, 0.3) is 0 Å². The zero-order valence-electron chi connectivity index (χ0n) is 15.5. The molecule has 4 aromatic rings. The number of rotatable bonds is 3. The summed E-state index contributed by atoms with van der Waals surface area (Å²) in [5, 5.41) is 0.580. The SMILES string of the molecule is O=c1ccc2cc(S(=O)(=O)N3CCCC(c4nc5ccccc5[nH]4)C3)ccc2o1. The van der Waals surface area contributed by atoms with E-state index in [1.165, 1.54) is 22.5 Å². The Morgan fingerprint density at radius 3 is 2.83 bits per heavy atom. The fourth-order valence-corrected chi connectivity index (χ4v) is 5.47. The zero-order valence-corrected chi connectivity index (χ0v) is 16.4. The Labute approximate surface area is 167 Å². The predicted octanol–water partition coefficient (Wildman–Crippen LogP) is 3.24. The van der Waals surface area contributed by atoms with Gasteiger partial charge in [-0.1, -0.05) is 12.1 Å². The van der Waals surface area contributed by atoms with Crippen LogP contribution in [0.3, 0.4) is 0 Å². The molecule has 0 amide bonds. The number of imidazole rings is 1. The standard InChI is InChI=1S/C21H19N3O4S/c25-20-10-7-14-12-16(8-9-19(14)28-20)29(26,27)24-11-3-4-15(13-24)21-22-17-5-1-2-6-18(17)23-21/h1-2,5-10,12,15H,3-4,11,13H2,(H,22,23). The third-order valence-electron chi connectivity index (χ3n) is 5.41. The summed E-state index contributed by atoms with van der Waals surface area (Å²) in [6.45, 7) is 0.852. The van der Waals surface area contributed by atoms with Gasteiger partial charge in [-0.05, 0) is 49.2 Å². The molecule has 1 N–H and O–H groups in total. The summed E-state index contributed by atoms with van der Waals surface area (Å²) >= 11 is 0. The highest BCUT2D eigenvalue weighted by molar-refractivity contribution is 7.89. The van der Waals surface area contributed by atoms with Crippen LogP contribution in [0.4, 0.5) is 0 Å². The molecule has 5 rings (SSSR count). The Morgan fingerprint density at radius 2 is 1.97 bits per heavy atom. The van der Waals surface area contributed by atoms with Crippen LogP contribution in [-0.4, -0.2) is 35.8 Å². The molecule has 0 bridgehead atoms. The average Bonchev–Trinajstić information content (AvgIpc) is 3.18. The molecule has 8 heteroatoms. The number of hydrogen-bond acceptors (Lipinski definition) is 5. The first-order valence-corrected chi connectivity index (χ1v) is 10.9. The predicted molar refractivity (Wildman–Crippen MR) is 109 cm³/mol. The van der Waals surface area contributed by atoms with Gasteiger partial charge >= 0.3 is 5.63 Å². The van der Waals surface area contributed by atoms with Crippen LogP contribution in [0.2, 0.25) is 0 Å². The van der Waals surface area contributed by atoms with Gasteiger partial charge in [0.15, 0.2) is 0 Å². The van der Waals surface area contributed by atoms with Gasteiger partial charge in [-0.3, -0.25) is 0 Å². The van der Waals surface area contributed by atoms with Crippen LogP contribution in [0.1, 0.15) is 24.6 Å². The number of para-hydroxylation sites is 2. The smallest absolute Gasteiger partial charge is 0.336 e. The topological polar surface area (TPSA) is 96.3 Å². The summed E-state index contributed by atoms with van der Waals surface area (Å²) in [7, 11) is -3.66. The molecule has 1 unspecified atom stereocenters. The van der Waals surface area contributed by atoms with E-state index in [9.17, 15) is 13.2 Å². The summed E-state index contributed by atoms with van der Waals surface area (Å²) < 4.78 is 33.1. The Balaban J connectivity index is 1.46. The minimum Gasteiger partial charge on any atom is -0.423 e. The van der Waals surface area contributed by atoms with Crippen LogP contribution >= 0.6 is 0 Å². The molecule has 0 spiro atoms. The molecular weight excluding hydrogens is 390 g/mol. The van der Waals surface area contributed by atoms with Crippen molar-refractivity contribution < 1.29 is 12.8 Å². The van der Waals surface area contributed by atoms with Crippen molar-refractivity contribution in [3.05, 3.63) is 70.8 Å². The van der Waals surface area contributed by atoms with E-state index in [0.29, 0.717) is 24.1 Å². The number of aromatic nitrogens is 2. The van der Waals surface area contributed by atoms with E-state index in [1.54, 1.807) is 12.1 Å². The number of aromatic amines is 1. The number of hydrogen-bond donors (Lipinski definition) is 1. The second kappa shape index (κ2) is 6.82. The van der Waals surface area contributed by atoms with Gasteiger partial charge in [0.05, 0.1) is 15.9 Å². The fraction of sp³-hybridized carbons (Fsp3) is 0.238. The van der Waals surface area contributed by atoms with E-state index in [1.807, 2.05) is 24.3 Å². The van der Waals surface area contributed by atoms with Crippen LogP contribution in [0.25, 0.3) is 22.0 Å². The van der Waals surface area contributed by atoms with E-state index in [-0.39, 0.29) is 10.8 Å². The number of nitrogens with zero attached hydrogens (tertiary/aromatic N) is 2. The Hall–Kier alpha value is -2.97. The summed E-state index contributed by atoms with van der Waals surface area (Å²) in [5.74, 6) is 0.843. The molecule has 0 radical (unpaired) electrons. The van der Waals surface area contributed by atoms with E-state index in [4.69, 9.17) is 4.42 Å². The van der Waals surface area contributed by atoms with Crippen LogP contribution in [0.5, 0.6) is 0 Å². The van der Waals surface area contributed by atoms with Crippen molar-refractivity contribution in [2.75, 3.05) is 13.1 Å². The third-order valence-corrected chi connectivity index (χ3v) is 7.27. The summed E-state index contributed by atoms with van der Waals surface area (Å²) in [5.41, 5.74) is 1.75. The van der Waals surface area contributed by atoms with Crippen molar-refractivity contribution in [2.45, 2.75) is 23.7 Å². The molecule has 0 saturated carbocycles. The van der Waals surface area contributed by atoms with Crippen LogP contribution in [0, 0.1) is 0 Å². The number of nitrogens with one attached hydrogen (secondary N) is 1. The lowest BCUT2D eigenvalue weighted by molar-refractivity contribution is 0.310. The number of H-pyrrole nitrogens is 1. The number of sulfonamides is 1. The third kappa shape index (κ3) is 3.24. The van der Waals surface area contributed by atoms with Crippen LogP contribution in [0.15, 0.2) is 68.7 Å². The molecule has 3 heterocycles. The largest absolute Gasteiger partial charge is 0.423 e. The molecule has 1 aliphatic rings. The molecule has 1 fully saturated rings. The molecule has 1 aliphatic heterocycles. The molecule has 148 valence electrons. The molecule has 2 aromatic heterocycles. The van der Waals surface area contributed by atoms with E-state index >= 15 is 0 Å². The van der Waals surface area contributed by atoms with Crippen molar-refractivity contribution in [2.24, 2.45) is 0 Å². The van der Waals surface area contributed by atoms with E-state index in [2.05, 4.69) is 9.97 Å². The second-order valence-electron chi connectivity index (χ2n) is 7.30. The zero-order chi connectivity index (χ0) is 20.0. The van der Waals surface area contributed by atoms with Crippen molar-refractivity contribution >= 4 is 32.0 Å². The second-order valence-corrected chi connectivity index (χ2v) is 9.23. The number of piperidine rings is 1. The molecule has 29 heavy (non-hydrogen) atoms. The highest BCUT2D eigenvalue weighted by atomic mass is 32.2. The lowest BCUT2D eigenvalue weighted by Gasteiger charge is -2.31. The molecule has 1 atom stereocenters. The van der Waals surface area contributed by atoms with Gasteiger partial charge in [-0.2, -0.15) is 4.31 Å². The van der Waals surface area contributed by atoms with Crippen molar-refractivity contribution in [3.63, 3.8) is 0 Å². The molecule has 0 aliphatic carbocycles. The Kier molecular flexibility index (Phi) is 4.25. The fourth-order valence-electron chi connectivity index (χ4n) is 3.91. The molecule has 7 nitrogen and oxygen atoms in total. The van der Waals surface area contributed by atoms with Crippen LogP contribution < -0.4 is 5.63 Å². The average molecular weight is 409 g/mol. The van der Waals surface area contributed by atoms with E-state index < -0.39 is 15.6 Å². The quantitative estimate of drug-likeness (QED) is 0.524. The maximum absolute atomic E-state index is 13.2. The minimum atomic E-state index is -3.66. The lowest BCUT2D eigenvalue weighted by atomic mass is 9.99. The summed E-state index contributed by atoms with van der Waals surface area (Å²) in [6, 6.07) is 15.2. The maximum atomic E-state index is 13.2. The molecular formula is C21H19N3O4S. The minimum absolute atomic E-state index is 0.0180. The van der Waals surface area contributed by atoms with Gasteiger partial charge in [0, 0.05) is 30.5 Å². The first-order valence-electron chi connectivity index (χ1n) is 9.49. The van der Waals surface area contributed by atoms with Crippen LogP contribution in [-0.2, 0) is 10.0 Å². The lowest BCUT2D eigenvalue weighted by Crippen LogP contribution is -2.39. The first-order chi connectivity index (χ1) is 14.0. The highest BCUT2D eigenvalue weighted by Crippen LogP contribution is 2.30. The Bertz CT molecular complexity index is 1340. The maximum Gasteiger partial charge on any atom is 0.336 e. The number of fused-ring (bicyclic) bond motifs is 2. The summed E-state index contributed by atoms with van der Waals surface area (Å²) in [4.78, 5) is 19.5. The molecule has 1 saturated heterocycles. The molecule has 2 aromatic carbocycles. The van der Waals surface area contributed by atoms with Gasteiger partial charge in [0.2, 0.25) is 10.0 Å². The van der Waals surface area contributed by atoms with Crippen molar-refractivity contribution in [1.82, 2.24) is 14.3 Å². The van der Waals surface area contributed by atoms with Gasteiger partial charge in [0.1, 0.15) is 11.4 Å². The van der Waals surface area contributed by atoms with E-state index in [0.717, 1.165) is 29.7 Å². The first kappa shape index (κ1) is 18.1. The highest BCUT2D eigenvalue weighted by Gasteiger charge is 2.32. The van der Waals surface area contributed by atoms with Crippen molar-refractivity contribution in [1.29, 1.82) is 0 Å². The van der Waals surface area contributed by atoms with Gasteiger partial charge in [-0.25, -0.2) is 18.2 Å². The number of benzene rings is 2.